The zero-order valence-electron chi connectivity index (χ0n) is 5.57. The Hall–Kier alpha value is 0.130. The van der Waals surface area contributed by atoms with Crippen molar-refractivity contribution in [3.63, 3.8) is 0 Å². The summed E-state index contributed by atoms with van der Waals surface area (Å²) >= 11 is 7.62. The quantitative estimate of drug-likeness (QED) is 0.623. The van der Waals surface area contributed by atoms with Gasteiger partial charge in [-0.1, -0.05) is 11.6 Å². The van der Waals surface area contributed by atoms with Gasteiger partial charge in [-0.05, 0) is 40.3 Å². The summed E-state index contributed by atoms with van der Waals surface area (Å²) in [5.41, 5.74) is 5.98. The SMILES string of the molecule is NCc1cc(I)cc(F)c1Cl. The van der Waals surface area contributed by atoms with E-state index in [-0.39, 0.29) is 11.6 Å². The lowest BCUT2D eigenvalue weighted by molar-refractivity contribution is 0.625. The van der Waals surface area contributed by atoms with Gasteiger partial charge in [-0.3, -0.25) is 0 Å². The molecule has 0 bridgehead atoms. The first-order chi connectivity index (χ1) is 5.15. The molecule has 0 saturated carbocycles. The van der Waals surface area contributed by atoms with E-state index in [1.807, 2.05) is 22.6 Å². The molecular formula is C7H6ClFIN. The molecule has 1 aromatic carbocycles. The van der Waals surface area contributed by atoms with Gasteiger partial charge in [0.2, 0.25) is 0 Å². The fourth-order valence-corrected chi connectivity index (χ4v) is 1.59. The summed E-state index contributed by atoms with van der Waals surface area (Å²) in [5, 5.41) is 0.132. The zero-order valence-corrected chi connectivity index (χ0v) is 8.49. The minimum Gasteiger partial charge on any atom is -0.326 e. The number of halogens is 3. The minimum atomic E-state index is -0.404. The van der Waals surface area contributed by atoms with Crippen LogP contribution in [0.25, 0.3) is 0 Å². The van der Waals surface area contributed by atoms with E-state index in [9.17, 15) is 4.39 Å². The zero-order chi connectivity index (χ0) is 8.43. The number of benzene rings is 1. The van der Waals surface area contributed by atoms with Gasteiger partial charge in [0.1, 0.15) is 5.82 Å². The van der Waals surface area contributed by atoms with Crippen molar-refractivity contribution in [1.29, 1.82) is 0 Å². The highest BCUT2D eigenvalue weighted by molar-refractivity contribution is 14.1. The van der Waals surface area contributed by atoms with E-state index in [0.717, 1.165) is 3.57 Å². The van der Waals surface area contributed by atoms with Crippen molar-refractivity contribution >= 4 is 34.2 Å². The molecule has 11 heavy (non-hydrogen) atoms. The number of hydrogen-bond donors (Lipinski definition) is 1. The predicted molar refractivity (Wildman–Crippen MR) is 52.0 cm³/mol. The molecule has 0 unspecified atom stereocenters. The van der Waals surface area contributed by atoms with Crippen LogP contribution in [0.3, 0.4) is 0 Å². The number of rotatable bonds is 1. The Morgan fingerprint density at radius 1 is 1.55 bits per heavy atom. The lowest BCUT2D eigenvalue weighted by atomic mass is 10.2. The second-order valence-electron chi connectivity index (χ2n) is 2.06. The van der Waals surface area contributed by atoms with Crippen molar-refractivity contribution < 1.29 is 4.39 Å². The predicted octanol–water partition coefficient (Wildman–Crippen LogP) is 2.54. The highest BCUT2D eigenvalue weighted by Crippen LogP contribution is 2.22. The molecule has 0 aromatic heterocycles. The van der Waals surface area contributed by atoms with Gasteiger partial charge in [-0.15, -0.1) is 0 Å². The lowest BCUT2D eigenvalue weighted by Gasteiger charge is -2.02. The van der Waals surface area contributed by atoms with Gasteiger partial charge in [0.15, 0.2) is 0 Å². The molecule has 0 atom stereocenters. The molecule has 1 nitrogen and oxygen atoms in total. The second-order valence-corrected chi connectivity index (χ2v) is 3.69. The summed E-state index contributed by atoms with van der Waals surface area (Å²) in [5.74, 6) is -0.404. The van der Waals surface area contributed by atoms with E-state index in [4.69, 9.17) is 17.3 Å². The molecule has 0 spiro atoms. The normalized spacial score (nSPS) is 10.2. The molecule has 1 aromatic rings. The lowest BCUT2D eigenvalue weighted by Crippen LogP contribution is -1.99. The Morgan fingerprint density at radius 3 is 2.73 bits per heavy atom. The summed E-state index contributed by atoms with van der Waals surface area (Å²) in [7, 11) is 0. The molecule has 0 saturated heterocycles. The van der Waals surface area contributed by atoms with Crippen molar-refractivity contribution in [2.45, 2.75) is 6.54 Å². The number of nitrogens with two attached hydrogens (primary N) is 1. The van der Waals surface area contributed by atoms with E-state index in [1.54, 1.807) is 6.07 Å². The summed E-state index contributed by atoms with van der Waals surface area (Å²) in [6, 6.07) is 3.15. The maximum Gasteiger partial charge on any atom is 0.143 e. The van der Waals surface area contributed by atoms with Crippen LogP contribution in [0.4, 0.5) is 4.39 Å². The maximum absolute atomic E-state index is 12.8. The molecule has 60 valence electrons. The van der Waals surface area contributed by atoms with Crippen LogP contribution in [-0.2, 0) is 6.54 Å². The molecule has 4 heteroatoms. The van der Waals surface area contributed by atoms with Gasteiger partial charge >= 0.3 is 0 Å². The van der Waals surface area contributed by atoms with Crippen molar-refractivity contribution in [1.82, 2.24) is 0 Å². The fraction of sp³-hybridized carbons (Fsp3) is 0.143. The van der Waals surface area contributed by atoms with Gasteiger partial charge in [-0.2, -0.15) is 0 Å². The summed E-state index contributed by atoms with van der Waals surface area (Å²) in [6.45, 7) is 0.270. The van der Waals surface area contributed by atoms with Crippen molar-refractivity contribution in [2.24, 2.45) is 5.73 Å². The van der Waals surface area contributed by atoms with Gasteiger partial charge in [0.25, 0.3) is 0 Å². The molecule has 0 aliphatic rings. The molecule has 0 amide bonds. The first-order valence-corrected chi connectivity index (χ1v) is 4.44. The van der Waals surface area contributed by atoms with Gasteiger partial charge in [-0.25, -0.2) is 4.39 Å². The summed E-state index contributed by atoms with van der Waals surface area (Å²) < 4.78 is 13.6. The average Bonchev–Trinajstić information content (AvgIpc) is 1.96. The van der Waals surface area contributed by atoms with E-state index in [1.165, 1.54) is 6.07 Å². The Morgan fingerprint density at radius 2 is 2.18 bits per heavy atom. The van der Waals surface area contributed by atoms with Crippen molar-refractivity contribution in [3.8, 4) is 0 Å². The Bertz CT molecular complexity index is 277. The van der Waals surface area contributed by atoms with Crippen molar-refractivity contribution in [2.75, 3.05) is 0 Å². The average molecular weight is 285 g/mol. The second kappa shape index (κ2) is 3.69. The Labute approximate surface area is 82.9 Å². The molecule has 2 N–H and O–H groups in total. The van der Waals surface area contributed by atoms with Crippen molar-refractivity contribution in [3.05, 3.63) is 32.1 Å². The highest BCUT2D eigenvalue weighted by Gasteiger charge is 2.05. The van der Waals surface area contributed by atoms with Crippen LogP contribution in [0.2, 0.25) is 5.02 Å². The first-order valence-electron chi connectivity index (χ1n) is 2.98. The fourth-order valence-electron chi connectivity index (χ4n) is 0.758. The van der Waals surface area contributed by atoms with Crippen LogP contribution in [0, 0.1) is 9.39 Å². The van der Waals surface area contributed by atoms with Gasteiger partial charge < -0.3 is 5.73 Å². The van der Waals surface area contributed by atoms with Crippen LogP contribution in [0.5, 0.6) is 0 Å². The van der Waals surface area contributed by atoms with E-state index in [0.29, 0.717) is 5.56 Å². The first kappa shape index (κ1) is 9.22. The van der Waals surface area contributed by atoms with E-state index in [2.05, 4.69) is 0 Å². The summed E-state index contributed by atoms with van der Waals surface area (Å²) in [4.78, 5) is 0. The minimum absolute atomic E-state index is 0.132. The smallest absolute Gasteiger partial charge is 0.143 e. The van der Waals surface area contributed by atoms with Crippen LogP contribution in [0.15, 0.2) is 12.1 Å². The third kappa shape index (κ3) is 2.04. The van der Waals surface area contributed by atoms with Gasteiger partial charge in [0.05, 0.1) is 5.02 Å². The molecule has 0 heterocycles. The Balaban J connectivity index is 3.24. The monoisotopic (exact) mass is 285 g/mol. The molecule has 0 aliphatic carbocycles. The van der Waals surface area contributed by atoms with Crippen LogP contribution in [-0.4, -0.2) is 0 Å². The van der Waals surface area contributed by atoms with Gasteiger partial charge in [0, 0.05) is 10.1 Å². The van der Waals surface area contributed by atoms with Crippen LogP contribution >= 0.6 is 34.2 Å². The van der Waals surface area contributed by atoms with E-state index >= 15 is 0 Å². The molecule has 1 rings (SSSR count). The highest BCUT2D eigenvalue weighted by atomic mass is 127. The molecule has 0 fully saturated rings. The van der Waals surface area contributed by atoms with Crippen LogP contribution < -0.4 is 5.73 Å². The maximum atomic E-state index is 12.8. The van der Waals surface area contributed by atoms with Crippen LogP contribution in [0.1, 0.15) is 5.56 Å². The molecule has 0 aliphatic heterocycles. The molecular weight excluding hydrogens is 279 g/mol. The Kier molecular flexibility index (Phi) is 3.09. The third-order valence-electron chi connectivity index (χ3n) is 1.29. The van der Waals surface area contributed by atoms with E-state index < -0.39 is 5.82 Å². The molecule has 0 radical (unpaired) electrons. The number of hydrogen-bond acceptors (Lipinski definition) is 1. The third-order valence-corrected chi connectivity index (χ3v) is 2.33. The summed E-state index contributed by atoms with van der Waals surface area (Å²) in [6.07, 6.45) is 0. The topological polar surface area (TPSA) is 26.0 Å². The largest absolute Gasteiger partial charge is 0.326 e. The standard InChI is InChI=1S/C7H6ClFIN/c8-7-4(3-11)1-5(10)2-6(7)9/h1-2H,3,11H2.